The largest absolute Gasteiger partial charge is 0.375 e. The molecular formula is C7H13NO3S. The summed E-state index contributed by atoms with van der Waals surface area (Å²) in [5.41, 5.74) is 0. The van der Waals surface area contributed by atoms with E-state index in [-0.39, 0.29) is 17.8 Å². The van der Waals surface area contributed by atoms with E-state index in [4.69, 9.17) is 9.88 Å². The maximum atomic E-state index is 10.8. The molecule has 5 heteroatoms. The zero-order valence-electron chi connectivity index (χ0n) is 6.77. The van der Waals surface area contributed by atoms with Gasteiger partial charge in [0.05, 0.1) is 18.0 Å². The van der Waals surface area contributed by atoms with Crippen LogP contribution in [-0.4, -0.2) is 26.4 Å². The van der Waals surface area contributed by atoms with Crippen LogP contribution in [0.15, 0.2) is 0 Å². The number of ether oxygens (including phenoxy) is 1. The number of hydrogen-bond acceptors (Lipinski definition) is 3. The van der Waals surface area contributed by atoms with Gasteiger partial charge in [-0.3, -0.25) is 0 Å². The van der Waals surface area contributed by atoms with Crippen LogP contribution in [0.1, 0.15) is 19.3 Å². The van der Waals surface area contributed by atoms with Crippen molar-refractivity contribution in [2.75, 3.05) is 5.75 Å². The normalized spacial score (nSPS) is 40.6. The first-order valence-corrected chi connectivity index (χ1v) is 5.92. The van der Waals surface area contributed by atoms with Crippen molar-refractivity contribution in [3.05, 3.63) is 0 Å². The van der Waals surface area contributed by atoms with E-state index in [0.717, 1.165) is 19.3 Å². The van der Waals surface area contributed by atoms with Crippen molar-refractivity contribution in [2.45, 2.75) is 31.5 Å². The summed E-state index contributed by atoms with van der Waals surface area (Å²) in [6, 6.07) is 0. The van der Waals surface area contributed by atoms with Gasteiger partial charge in [0.25, 0.3) is 0 Å². The first-order valence-electron chi connectivity index (χ1n) is 4.20. The molecular weight excluding hydrogens is 178 g/mol. The minimum atomic E-state index is -3.31. The molecule has 0 amide bonds. The fourth-order valence-electron chi connectivity index (χ4n) is 2.22. The van der Waals surface area contributed by atoms with Gasteiger partial charge in [-0.25, -0.2) is 13.6 Å². The van der Waals surface area contributed by atoms with Gasteiger partial charge >= 0.3 is 0 Å². The smallest absolute Gasteiger partial charge is 0.209 e. The highest BCUT2D eigenvalue weighted by atomic mass is 32.2. The van der Waals surface area contributed by atoms with Crippen LogP contribution in [-0.2, 0) is 14.8 Å². The average Bonchev–Trinajstić information content (AvgIpc) is 2.42. The lowest BCUT2D eigenvalue weighted by atomic mass is 9.91. The van der Waals surface area contributed by atoms with E-state index in [0.29, 0.717) is 6.10 Å². The number of primary sulfonamides is 1. The molecule has 2 aliphatic heterocycles. The Balaban J connectivity index is 2.00. The minimum absolute atomic E-state index is 0.0914. The number of rotatable bonds is 2. The Labute approximate surface area is 72.1 Å². The van der Waals surface area contributed by atoms with Crippen molar-refractivity contribution in [3.8, 4) is 0 Å². The van der Waals surface area contributed by atoms with Crippen LogP contribution in [0.25, 0.3) is 0 Å². The zero-order valence-corrected chi connectivity index (χ0v) is 7.59. The number of sulfonamides is 1. The molecule has 2 fully saturated rings. The van der Waals surface area contributed by atoms with Crippen molar-refractivity contribution in [3.63, 3.8) is 0 Å². The average molecular weight is 191 g/mol. The van der Waals surface area contributed by atoms with Crippen LogP contribution in [0, 0.1) is 5.92 Å². The van der Waals surface area contributed by atoms with Crippen LogP contribution < -0.4 is 5.14 Å². The highest BCUT2D eigenvalue weighted by molar-refractivity contribution is 7.89. The summed E-state index contributed by atoms with van der Waals surface area (Å²) in [4.78, 5) is 0. The lowest BCUT2D eigenvalue weighted by molar-refractivity contribution is 0.0952. The van der Waals surface area contributed by atoms with Crippen molar-refractivity contribution in [2.24, 2.45) is 11.1 Å². The molecule has 0 aromatic rings. The number of hydrogen-bond donors (Lipinski definition) is 1. The SMILES string of the molecule is NS(=O)(=O)CC1CC2CCC1O2. The minimum Gasteiger partial charge on any atom is -0.375 e. The summed E-state index contributed by atoms with van der Waals surface area (Å²) in [7, 11) is -3.31. The van der Waals surface area contributed by atoms with Crippen molar-refractivity contribution in [1.29, 1.82) is 0 Å². The van der Waals surface area contributed by atoms with Gasteiger partial charge in [0.15, 0.2) is 0 Å². The van der Waals surface area contributed by atoms with E-state index in [2.05, 4.69) is 0 Å². The van der Waals surface area contributed by atoms with Crippen LogP contribution >= 0.6 is 0 Å². The summed E-state index contributed by atoms with van der Waals surface area (Å²) in [5.74, 6) is 0.243. The second kappa shape index (κ2) is 2.68. The Bertz CT molecular complexity index is 274. The Morgan fingerprint density at radius 1 is 1.42 bits per heavy atom. The van der Waals surface area contributed by atoms with E-state index in [1.165, 1.54) is 0 Å². The van der Waals surface area contributed by atoms with E-state index >= 15 is 0 Å². The highest BCUT2D eigenvalue weighted by Gasteiger charge is 2.41. The topological polar surface area (TPSA) is 69.4 Å². The summed E-state index contributed by atoms with van der Waals surface area (Å²) < 4.78 is 27.1. The van der Waals surface area contributed by atoms with Gasteiger partial charge in [-0.1, -0.05) is 0 Å². The molecule has 2 heterocycles. The van der Waals surface area contributed by atoms with Crippen LogP contribution in [0.2, 0.25) is 0 Å². The molecule has 3 atom stereocenters. The molecule has 0 aromatic heterocycles. The summed E-state index contributed by atoms with van der Waals surface area (Å²) in [6.45, 7) is 0. The van der Waals surface area contributed by atoms with Crippen molar-refractivity contribution >= 4 is 10.0 Å². The van der Waals surface area contributed by atoms with Crippen LogP contribution in [0.4, 0.5) is 0 Å². The Kier molecular flexibility index (Phi) is 1.89. The maximum absolute atomic E-state index is 10.8. The quantitative estimate of drug-likeness (QED) is 0.659. The third-order valence-electron chi connectivity index (χ3n) is 2.68. The van der Waals surface area contributed by atoms with E-state index in [1.54, 1.807) is 0 Å². The first kappa shape index (κ1) is 8.47. The van der Waals surface area contributed by atoms with Crippen LogP contribution in [0.5, 0.6) is 0 Å². The molecule has 4 nitrogen and oxygen atoms in total. The molecule has 2 bridgehead atoms. The number of nitrogens with two attached hydrogens (primary N) is 1. The van der Waals surface area contributed by atoms with Gasteiger partial charge in [-0.15, -0.1) is 0 Å². The Hall–Kier alpha value is -0.130. The van der Waals surface area contributed by atoms with E-state index < -0.39 is 10.0 Å². The molecule has 2 rings (SSSR count). The fourth-order valence-corrected chi connectivity index (χ4v) is 3.16. The maximum Gasteiger partial charge on any atom is 0.209 e. The molecule has 12 heavy (non-hydrogen) atoms. The van der Waals surface area contributed by atoms with Gasteiger partial charge < -0.3 is 4.74 Å². The molecule has 0 radical (unpaired) electrons. The lowest BCUT2D eigenvalue weighted by Gasteiger charge is -2.16. The van der Waals surface area contributed by atoms with Gasteiger partial charge in [0.1, 0.15) is 0 Å². The highest BCUT2D eigenvalue weighted by Crippen LogP contribution is 2.38. The molecule has 3 unspecified atom stereocenters. The van der Waals surface area contributed by atoms with Crippen molar-refractivity contribution in [1.82, 2.24) is 0 Å². The second-order valence-electron chi connectivity index (χ2n) is 3.70. The van der Waals surface area contributed by atoms with E-state index in [1.807, 2.05) is 0 Å². The van der Waals surface area contributed by atoms with Gasteiger partial charge in [0, 0.05) is 5.92 Å². The second-order valence-corrected chi connectivity index (χ2v) is 5.36. The Morgan fingerprint density at radius 3 is 2.58 bits per heavy atom. The lowest BCUT2D eigenvalue weighted by Crippen LogP contribution is -2.29. The molecule has 2 N–H and O–H groups in total. The molecule has 2 saturated heterocycles. The third kappa shape index (κ3) is 1.62. The van der Waals surface area contributed by atoms with Crippen molar-refractivity contribution < 1.29 is 13.2 Å². The van der Waals surface area contributed by atoms with Gasteiger partial charge in [0.2, 0.25) is 10.0 Å². The summed E-state index contributed by atoms with van der Waals surface area (Å²) in [6.07, 6.45) is 3.44. The fraction of sp³-hybridized carbons (Fsp3) is 1.00. The summed E-state index contributed by atoms with van der Waals surface area (Å²) >= 11 is 0. The van der Waals surface area contributed by atoms with Gasteiger partial charge in [-0.2, -0.15) is 0 Å². The monoisotopic (exact) mass is 191 g/mol. The predicted octanol–water partition coefficient (Wildman–Crippen LogP) is -0.158. The molecule has 0 aliphatic carbocycles. The summed E-state index contributed by atoms with van der Waals surface area (Å²) in [5, 5.41) is 4.96. The van der Waals surface area contributed by atoms with Crippen LogP contribution in [0.3, 0.4) is 0 Å². The Morgan fingerprint density at radius 2 is 2.17 bits per heavy atom. The van der Waals surface area contributed by atoms with Gasteiger partial charge in [-0.05, 0) is 19.3 Å². The molecule has 0 spiro atoms. The number of fused-ring (bicyclic) bond motifs is 2. The first-order chi connectivity index (χ1) is 5.54. The predicted molar refractivity (Wildman–Crippen MR) is 44.0 cm³/mol. The zero-order chi connectivity index (χ0) is 8.77. The van der Waals surface area contributed by atoms with E-state index in [9.17, 15) is 8.42 Å². The molecule has 70 valence electrons. The third-order valence-corrected chi connectivity index (χ3v) is 3.57. The molecule has 0 aromatic carbocycles. The standard InChI is InChI=1S/C7H13NO3S/c8-12(9,10)4-5-3-6-1-2-7(5)11-6/h5-7H,1-4H2,(H2,8,9,10). The molecule has 0 saturated carbocycles. The molecule has 2 aliphatic rings.